The Labute approximate surface area is 202 Å². The average molecular weight is 499 g/mol. The zero-order chi connectivity index (χ0) is 25.4. The van der Waals surface area contributed by atoms with Gasteiger partial charge in [0.15, 0.2) is 0 Å². The summed E-state index contributed by atoms with van der Waals surface area (Å²) < 4.78 is 50.9. The highest BCUT2D eigenvalue weighted by molar-refractivity contribution is 5.84. The first-order chi connectivity index (χ1) is 17.2. The first kappa shape index (κ1) is 23.5. The number of pyridine rings is 2. The SMILES string of the molecule is O=C(O)N1CCCc2oc3cc(-n4ccc(OCc5ccc(C(F)(F)F)nc5)cc4=O)ccc3c2C1. The molecule has 1 N–H and O–H groups in total. The van der Waals surface area contributed by atoms with Crippen LogP contribution in [0.1, 0.15) is 29.0 Å². The summed E-state index contributed by atoms with van der Waals surface area (Å²) in [6, 6.07) is 10.3. The molecule has 0 fully saturated rings. The van der Waals surface area contributed by atoms with Crippen LogP contribution in [0.5, 0.6) is 5.75 Å². The molecule has 36 heavy (non-hydrogen) atoms. The first-order valence-corrected chi connectivity index (χ1v) is 11.1. The van der Waals surface area contributed by atoms with E-state index in [1.165, 1.54) is 27.8 Å². The standard InChI is InChI=1S/C25H20F3N3O5/c26-25(27,28)22-6-3-15(12-29-22)14-35-17-7-9-31(23(32)11-17)16-4-5-18-19-13-30(24(33)34)8-1-2-20(19)36-21(18)10-16/h3-7,9-12H,1-2,8,13-14H2,(H,33,34). The van der Waals surface area contributed by atoms with E-state index in [0.29, 0.717) is 36.2 Å². The van der Waals surface area contributed by atoms with Crippen LogP contribution in [-0.2, 0) is 25.7 Å². The molecule has 1 amide bonds. The van der Waals surface area contributed by atoms with Crippen molar-refractivity contribution in [3.05, 3.63) is 87.8 Å². The van der Waals surface area contributed by atoms with Crippen LogP contribution < -0.4 is 10.3 Å². The lowest BCUT2D eigenvalue weighted by atomic mass is 10.1. The Kier molecular flexibility index (Phi) is 5.91. The van der Waals surface area contributed by atoms with Crippen LogP contribution in [0.3, 0.4) is 0 Å². The van der Waals surface area contributed by atoms with E-state index in [0.717, 1.165) is 29.0 Å². The number of nitrogens with zero attached hydrogens (tertiary/aromatic N) is 3. The number of benzene rings is 1. The maximum Gasteiger partial charge on any atom is 0.433 e. The second kappa shape index (κ2) is 9.06. The summed E-state index contributed by atoms with van der Waals surface area (Å²) in [7, 11) is 0. The second-order valence-corrected chi connectivity index (χ2v) is 8.40. The van der Waals surface area contributed by atoms with Gasteiger partial charge in [0.1, 0.15) is 29.4 Å². The molecule has 186 valence electrons. The van der Waals surface area contributed by atoms with Gasteiger partial charge in [-0.15, -0.1) is 0 Å². The minimum Gasteiger partial charge on any atom is -0.489 e. The number of aryl methyl sites for hydroxylation is 1. The third kappa shape index (κ3) is 4.64. The number of fused-ring (bicyclic) bond motifs is 3. The van der Waals surface area contributed by atoms with Crippen molar-refractivity contribution in [3.8, 4) is 11.4 Å². The number of rotatable bonds is 4. The van der Waals surface area contributed by atoms with Crippen molar-refractivity contribution in [2.24, 2.45) is 0 Å². The number of ether oxygens (including phenoxy) is 1. The Hall–Kier alpha value is -4.28. The Morgan fingerprint density at radius 3 is 2.69 bits per heavy atom. The maximum atomic E-state index is 12.7. The summed E-state index contributed by atoms with van der Waals surface area (Å²) in [5.74, 6) is 1.01. The number of carbonyl (C=O) groups is 1. The number of halogens is 3. The molecule has 1 aromatic carbocycles. The highest BCUT2D eigenvalue weighted by Gasteiger charge is 2.32. The van der Waals surface area contributed by atoms with Crippen LogP contribution in [0.15, 0.2) is 64.1 Å². The number of furan rings is 1. The van der Waals surface area contributed by atoms with Gasteiger partial charge in [-0.3, -0.25) is 14.3 Å². The van der Waals surface area contributed by atoms with Gasteiger partial charge < -0.3 is 19.2 Å². The molecule has 0 atom stereocenters. The van der Waals surface area contributed by atoms with Crippen molar-refractivity contribution in [1.29, 1.82) is 0 Å². The number of hydrogen-bond donors (Lipinski definition) is 1. The van der Waals surface area contributed by atoms with Gasteiger partial charge in [0, 0.05) is 54.0 Å². The van der Waals surface area contributed by atoms with Crippen molar-refractivity contribution in [2.75, 3.05) is 6.54 Å². The van der Waals surface area contributed by atoms with Crippen LogP contribution in [0, 0.1) is 0 Å². The molecular weight excluding hydrogens is 479 g/mol. The quantitative estimate of drug-likeness (QED) is 0.424. The summed E-state index contributed by atoms with van der Waals surface area (Å²) in [5, 5.41) is 10.2. The number of amides is 1. The number of hydrogen-bond acceptors (Lipinski definition) is 5. The van der Waals surface area contributed by atoms with Gasteiger partial charge >= 0.3 is 12.3 Å². The zero-order valence-electron chi connectivity index (χ0n) is 18.8. The van der Waals surface area contributed by atoms with Crippen LogP contribution in [0.25, 0.3) is 16.7 Å². The molecule has 0 saturated heterocycles. The number of aromatic nitrogens is 2. The van der Waals surface area contributed by atoms with E-state index in [1.807, 2.05) is 6.07 Å². The van der Waals surface area contributed by atoms with Gasteiger partial charge in [0.05, 0.1) is 12.2 Å². The molecule has 0 bridgehead atoms. The third-order valence-electron chi connectivity index (χ3n) is 6.00. The summed E-state index contributed by atoms with van der Waals surface area (Å²) in [4.78, 5) is 29.0. The smallest absolute Gasteiger partial charge is 0.433 e. The predicted molar refractivity (Wildman–Crippen MR) is 122 cm³/mol. The second-order valence-electron chi connectivity index (χ2n) is 8.40. The molecule has 0 saturated carbocycles. The fourth-order valence-electron chi connectivity index (χ4n) is 4.19. The first-order valence-electron chi connectivity index (χ1n) is 11.1. The van der Waals surface area contributed by atoms with Gasteiger partial charge in [-0.25, -0.2) is 4.79 Å². The monoisotopic (exact) mass is 499 g/mol. The van der Waals surface area contributed by atoms with E-state index in [2.05, 4.69) is 4.98 Å². The maximum absolute atomic E-state index is 12.7. The molecule has 1 aliphatic heterocycles. The summed E-state index contributed by atoms with van der Waals surface area (Å²) in [6.45, 7) is 0.640. The predicted octanol–water partition coefficient (Wildman–Crippen LogP) is 5.00. The molecule has 1 aliphatic rings. The van der Waals surface area contributed by atoms with Gasteiger partial charge in [-0.05, 0) is 30.7 Å². The lowest BCUT2D eigenvalue weighted by Gasteiger charge is -2.15. The molecule has 0 spiro atoms. The van der Waals surface area contributed by atoms with Crippen LogP contribution >= 0.6 is 0 Å². The van der Waals surface area contributed by atoms with Crippen LogP contribution in [-0.4, -0.2) is 32.2 Å². The minimum absolute atomic E-state index is 0.0497. The van der Waals surface area contributed by atoms with E-state index >= 15 is 0 Å². The van der Waals surface area contributed by atoms with Crippen LogP contribution in [0.2, 0.25) is 0 Å². The molecule has 3 aromatic heterocycles. The van der Waals surface area contributed by atoms with Crippen molar-refractivity contribution in [2.45, 2.75) is 32.2 Å². The fourth-order valence-corrected chi connectivity index (χ4v) is 4.19. The summed E-state index contributed by atoms with van der Waals surface area (Å²) in [5.41, 5.74) is 1.03. The van der Waals surface area contributed by atoms with Crippen molar-refractivity contribution < 1.29 is 32.2 Å². The topological polar surface area (TPSA) is 97.8 Å². The lowest BCUT2D eigenvalue weighted by molar-refractivity contribution is -0.141. The Morgan fingerprint density at radius 2 is 2.00 bits per heavy atom. The van der Waals surface area contributed by atoms with E-state index in [1.54, 1.807) is 18.2 Å². The lowest BCUT2D eigenvalue weighted by Crippen LogP contribution is -2.28. The zero-order valence-corrected chi connectivity index (χ0v) is 18.8. The fraction of sp³-hybridized carbons (Fsp3) is 0.240. The molecule has 5 rings (SSSR count). The van der Waals surface area contributed by atoms with Crippen molar-refractivity contribution >= 4 is 17.1 Å². The Balaban J connectivity index is 1.34. The molecule has 8 nitrogen and oxygen atoms in total. The molecule has 4 aromatic rings. The largest absolute Gasteiger partial charge is 0.489 e. The van der Waals surface area contributed by atoms with E-state index in [9.17, 15) is 27.9 Å². The molecule has 0 unspecified atom stereocenters. The average Bonchev–Trinajstić information content (AvgIpc) is 3.03. The highest BCUT2D eigenvalue weighted by atomic mass is 19.4. The minimum atomic E-state index is -4.51. The van der Waals surface area contributed by atoms with Crippen molar-refractivity contribution in [3.63, 3.8) is 0 Å². The molecular formula is C25H20F3N3O5. The molecule has 11 heteroatoms. The van der Waals surface area contributed by atoms with Gasteiger partial charge in [0.25, 0.3) is 5.56 Å². The summed E-state index contributed by atoms with van der Waals surface area (Å²) in [6.07, 6.45) is -1.58. The number of alkyl halides is 3. The van der Waals surface area contributed by atoms with Gasteiger partial charge in [-0.2, -0.15) is 13.2 Å². The summed E-state index contributed by atoms with van der Waals surface area (Å²) >= 11 is 0. The normalized spacial score (nSPS) is 13.9. The van der Waals surface area contributed by atoms with Crippen molar-refractivity contribution in [1.82, 2.24) is 14.5 Å². The van der Waals surface area contributed by atoms with E-state index in [4.69, 9.17) is 9.15 Å². The van der Waals surface area contributed by atoms with Gasteiger partial charge in [0.2, 0.25) is 0 Å². The Morgan fingerprint density at radius 1 is 1.17 bits per heavy atom. The molecule has 0 radical (unpaired) electrons. The van der Waals surface area contributed by atoms with E-state index < -0.39 is 18.0 Å². The number of carboxylic acid groups (broad SMARTS) is 1. The van der Waals surface area contributed by atoms with Gasteiger partial charge in [-0.1, -0.05) is 6.07 Å². The molecule has 4 heterocycles. The Bertz CT molecular complexity index is 1490. The third-order valence-corrected chi connectivity index (χ3v) is 6.00. The molecule has 0 aliphatic carbocycles. The van der Waals surface area contributed by atoms with Crippen LogP contribution in [0.4, 0.5) is 18.0 Å². The highest BCUT2D eigenvalue weighted by Crippen LogP contribution is 2.32. The van der Waals surface area contributed by atoms with E-state index in [-0.39, 0.29) is 24.5 Å².